The first-order valence-corrected chi connectivity index (χ1v) is 8.04. The Kier molecular flexibility index (Phi) is 4.49. The second-order valence-corrected chi connectivity index (χ2v) is 7.02. The molecule has 0 unspecified atom stereocenters. The Labute approximate surface area is 114 Å². The topological polar surface area (TPSA) is 89.2 Å². The molecular weight excluding hydrogens is 264 g/mol. The second kappa shape index (κ2) is 5.94. The summed E-state index contributed by atoms with van der Waals surface area (Å²) in [4.78, 5) is 8.02. The van der Waals surface area contributed by atoms with Crippen LogP contribution in [0.3, 0.4) is 0 Å². The fourth-order valence-electron chi connectivity index (χ4n) is 2.42. The van der Waals surface area contributed by atoms with E-state index in [1.165, 1.54) is 18.6 Å². The number of rotatable bonds is 4. The molecule has 0 spiro atoms. The summed E-state index contributed by atoms with van der Waals surface area (Å²) in [5, 5.41) is -0.687. The molecule has 0 bridgehead atoms. The molecule has 0 radical (unpaired) electrons. The lowest BCUT2D eigenvalue weighted by Crippen LogP contribution is -2.48. The summed E-state index contributed by atoms with van der Waals surface area (Å²) in [6.07, 6.45) is 7.31. The summed E-state index contributed by atoms with van der Waals surface area (Å²) >= 11 is 0. The Morgan fingerprint density at radius 3 is 2.89 bits per heavy atom. The molecule has 106 valence electrons. The Balaban J connectivity index is 2.26. The minimum atomic E-state index is -3.43. The standard InChI is InChI=1S/C12H20N4O2S/c1-10(12-9-14-5-6-15-12)19(17,18)16-7-3-2-4-11(16)8-13/h5-6,9-11H,2-4,7-8,13H2,1H3/t10-,11+/m0/s1. The molecule has 1 saturated heterocycles. The van der Waals surface area contributed by atoms with Gasteiger partial charge in [0, 0.05) is 37.7 Å². The van der Waals surface area contributed by atoms with Crippen LogP contribution in [0.4, 0.5) is 0 Å². The maximum Gasteiger partial charge on any atom is 0.222 e. The highest BCUT2D eigenvalue weighted by molar-refractivity contribution is 7.89. The number of hydrogen-bond acceptors (Lipinski definition) is 5. The molecule has 0 amide bonds. The lowest BCUT2D eigenvalue weighted by atomic mass is 10.1. The first kappa shape index (κ1) is 14.4. The van der Waals surface area contributed by atoms with Crippen molar-refractivity contribution >= 4 is 10.0 Å². The molecule has 1 aromatic rings. The molecule has 19 heavy (non-hydrogen) atoms. The van der Waals surface area contributed by atoms with Gasteiger partial charge in [-0.3, -0.25) is 9.97 Å². The third-order valence-electron chi connectivity index (χ3n) is 3.62. The van der Waals surface area contributed by atoms with Gasteiger partial charge in [-0.25, -0.2) is 8.42 Å². The van der Waals surface area contributed by atoms with E-state index < -0.39 is 15.3 Å². The average molecular weight is 284 g/mol. The van der Waals surface area contributed by atoms with Gasteiger partial charge in [0.05, 0.1) is 5.69 Å². The van der Waals surface area contributed by atoms with Gasteiger partial charge in [-0.15, -0.1) is 0 Å². The fraction of sp³-hybridized carbons (Fsp3) is 0.667. The van der Waals surface area contributed by atoms with Gasteiger partial charge in [-0.05, 0) is 19.8 Å². The summed E-state index contributed by atoms with van der Waals surface area (Å²) in [5.41, 5.74) is 6.17. The van der Waals surface area contributed by atoms with Gasteiger partial charge in [0.25, 0.3) is 0 Å². The van der Waals surface area contributed by atoms with Crippen LogP contribution in [-0.2, 0) is 10.0 Å². The summed E-state index contributed by atoms with van der Waals surface area (Å²) in [5.74, 6) is 0. The van der Waals surface area contributed by atoms with Crippen molar-refractivity contribution in [1.82, 2.24) is 14.3 Å². The first-order chi connectivity index (χ1) is 9.07. The second-order valence-electron chi connectivity index (χ2n) is 4.81. The highest BCUT2D eigenvalue weighted by atomic mass is 32.2. The summed E-state index contributed by atoms with van der Waals surface area (Å²) in [6, 6.07) is -0.0853. The van der Waals surface area contributed by atoms with Crippen molar-refractivity contribution < 1.29 is 8.42 Å². The monoisotopic (exact) mass is 284 g/mol. The van der Waals surface area contributed by atoms with Crippen LogP contribution in [0.15, 0.2) is 18.6 Å². The molecule has 6 nitrogen and oxygen atoms in total. The van der Waals surface area contributed by atoms with Crippen LogP contribution in [0.1, 0.15) is 37.1 Å². The zero-order chi connectivity index (χ0) is 13.9. The highest BCUT2D eigenvalue weighted by Crippen LogP contribution is 2.28. The van der Waals surface area contributed by atoms with E-state index in [0.29, 0.717) is 18.8 Å². The fourth-order valence-corrected chi connectivity index (χ4v) is 4.24. The van der Waals surface area contributed by atoms with Gasteiger partial charge >= 0.3 is 0 Å². The first-order valence-electron chi connectivity index (χ1n) is 6.54. The largest absolute Gasteiger partial charge is 0.329 e. The van der Waals surface area contributed by atoms with Crippen LogP contribution in [0.25, 0.3) is 0 Å². The molecule has 1 aliphatic heterocycles. The van der Waals surface area contributed by atoms with Crippen LogP contribution in [0.5, 0.6) is 0 Å². The smallest absolute Gasteiger partial charge is 0.222 e. The van der Waals surface area contributed by atoms with Crippen molar-refractivity contribution in [2.24, 2.45) is 5.73 Å². The van der Waals surface area contributed by atoms with Gasteiger partial charge in [0.2, 0.25) is 10.0 Å². The maximum atomic E-state index is 12.7. The zero-order valence-corrected chi connectivity index (χ0v) is 11.9. The molecular formula is C12H20N4O2S. The van der Waals surface area contributed by atoms with Gasteiger partial charge in [0.15, 0.2) is 0 Å². The van der Waals surface area contributed by atoms with E-state index in [1.807, 2.05) is 0 Å². The third kappa shape index (κ3) is 2.93. The van der Waals surface area contributed by atoms with Gasteiger partial charge in [0.1, 0.15) is 5.25 Å². The minimum absolute atomic E-state index is 0.0853. The molecule has 0 aliphatic carbocycles. The minimum Gasteiger partial charge on any atom is -0.329 e. The quantitative estimate of drug-likeness (QED) is 0.878. The van der Waals surface area contributed by atoms with E-state index in [-0.39, 0.29) is 6.04 Å². The molecule has 1 aromatic heterocycles. The van der Waals surface area contributed by atoms with Crippen LogP contribution in [0, 0.1) is 0 Å². The Hall–Kier alpha value is -1.05. The van der Waals surface area contributed by atoms with E-state index in [4.69, 9.17) is 5.73 Å². The van der Waals surface area contributed by atoms with Gasteiger partial charge < -0.3 is 5.73 Å². The third-order valence-corrected chi connectivity index (χ3v) is 5.89. The van der Waals surface area contributed by atoms with Crippen LogP contribution in [0.2, 0.25) is 0 Å². The Bertz CT molecular complexity index is 506. The predicted octanol–water partition coefficient (Wildman–Crippen LogP) is 0.681. The number of nitrogens with zero attached hydrogens (tertiary/aromatic N) is 3. The number of piperidine rings is 1. The number of hydrogen-bond donors (Lipinski definition) is 1. The summed E-state index contributed by atoms with van der Waals surface area (Å²) < 4.78 is 26.9. The van der Waals surface area contributed by atoms with Crippen molar-refractivity contribution in [3.05, 3.63) is 24.3 Å². The molecule has 2 atom stereocenters. The van der Waals surface area contributed by atoms with Gasteiger partial charge in [-0.1, -0.05) is 6.42 Å². The molecule has 1 fully saturated rings. The normalized spacial score (nSPS) is 23.2. The van der Waals surface area contributed by atoms with E-state index in [2.05, 4.69) is 9.97 Å². The number of sulfonamides is 1. The lowest BCUT2D eigenvalue weighted by Gasteiger charge is -2.35. The summed E-state index contributed by atoms with van der Waals surface area (Å²) in [7, 11) is -3.43. The molecule has 2 rings (SSSR count). The van der Waals surface area contributed by atoms with E-state index in [9.17, 15) is 8.42 Å². The molecule has 2 N–H and O–H groups in total. The number of aromatic nitrogens is 2. The molecule has 7 heteroatoms. The molecule has 0 saturated carbocycles. The van der Waals surface area contributed by atoms with Crippen molar-refractivity contribution in [1.29, 1.82) is 0 Å². The molecule has 1 aliphatic rings. The van der Waals surface area contributed by atoms with E-state index in [0.717, 1.165) is 19.3 Å². The Morgan fingerprint density at radius 2 is 2.26 bits per heavy atom. The zero-order valence-electron chi connectivity index (χ0n) is 11.1. The van der Waals surface area contributed by atoms with Crippen molar-refractivity contribution in [2.45, 2.75) is 37.5 Å². The maximum absolute atomic E-state index is 12.7. The Morgan fingerprint density at radius 1 is 1.47 bits per heavy atom. The van der Waals surface area contributed by atoms with Crippen LogP contribution in [-0.4, -0.2) is 41.8 Å². The van der Waals surface area contributed by atoms with Crippen molar-refractivity contribution in [3.63, 3.8) is 0 Å². The summed E-state index contributed by atoms with van der Waals surface area (Å²) in [6.45, 7) is 2.57. The molecule has 2 heterocycles. The van der Waals surface area contributed by atoms with Crippen molar-refractivity contribution in [2.75, 3.05) is 13.1 Å². The molecule has 0 aromatic carbocycles. The highest BCUT2D eigenvalue weighted by Gasteiger charge is 2.36. The number of nitrogens with two attached hydrogens (primary N) is 1. The SMILES string of the molecule is C[C@@H](c1cnccn1)S(=O)(=O)N1CCCC[C@@H]1CN. The average Bonchev–Trinajstić information content (AvgIpc) is 2.47. The van der Waals surface area contributed by atoms with Crippen LogP contribution < -0.4 is 5.73 Å². The predicted molar refractivity (Wildman–Crippen MR) is 72.8 cm³/mol. The van der Waals surface area contributed by atoms with Gasteiger partial charge in [-0.2, -0.15) is 4.31 Å². The van der Waals surface area contributed by atoms with Crippen molar-refractivity contribution in [3.8, 4) is 0 Å². The van der Waals surface area contributed by atoms with E-state index >= 15 is 0 Å². The van der Waals surface area contributed by atoms with Crippen LogP contribution >= 0.6 is 0 Å². The van der Waals surface area contributed by atoms with E-state index in [1.54, 1.807) is 11.2 Å². The lowest BCUT2D eigenvalue weighted by molar-refractivity contribution is 0.255.